The Kier molecular flexibility index (Phi) is 3.16. The van der Waals surface area contributed by atoms with Crippen LogP contribution in [0.1, 0.15) is 5.56 Å². The third-order valence-electron chi connectivity index (χ3n) is 3.83. The molecule has 0 unspecified atom stereocenters. The monoisotopic (exact) mass is 351 g/mol. The Morgan fingerprint density at radius 2 is 1.36 bits per heavy atom. The maximum absolute atomic E-state index is 6.04. The van der Waals surface area contributed by atoms with Crippen molar-refractivity contribution in [3.05, 3.63) is 76.8 Å². The predicted octanol–water partition coefficient (Wildman–Crippen LogP) is 6.33. The zero-order chi connectivity index (χ0) is 15.1. The summed E-state index contributed by atoms with van der Waals surface area (Å²) in [7, 11) is 0. The number of hydrogen-bond acceptors (Lipinski definition) is 2. The molecule has 4 rings (SSSR count). The van der Waals surface area contributed by atoms with E-state index < -0.39 is 0 Å². The zero-order valence-electron chi connectivity index (χ0n) is 12.1. The minimum absolute atomic E-state index is 0.878. The Bertz CT molecular complexity index is 814. The number of hydrogen-bond donors (Lipinski definition) is 0. The number of benzene rings is 3. The number of anilines is 3. The van der Waals surface area contributed by atoms with Gasteiger partial charge in [0.15, 0.2) is 11.5 Å². The molecule has 0 spiro atoms. The molecule has 0 atom stereocenters. The summed E-state index contributed by atoms with van der Waals surface area (Å²) in [6.45, 7) is 2.13. The molecule has 0 saturated heterocycles. The second-order valence-electron chi connectivity index (χ2n) is 5.30. The second kappa shape index (κ2) is 5.18. The van der Waals surface area contributed by atoms with Gasteiger partial charge in [-0.1, -0.05) is 40.2 Å². The fourth-order valence-corrected chi connectivity index (χ4v) is 3.31. The van der Waals surface area contributed by atoms with Crippen molar-refractivity contribution in [3.63, 3.8) is 0 Å². The van der Waals surface area contributed by atoms with Crippen LogP contribution in [0.2, 0.25) is 0 Å². The van der Waals surface area contributed by atoms with Gasteiger partial charge in [-0.15, -0.1) is 0 Å². The van der Waals surface area contributed by atoms with Crippen molar-refractivity contribution in [1.29, 1.82) is 0 Å². The van der Waals surface area contributed by atoms with Crippen molar-refractivity contribution in [2.75, 3.05) is 4.90 Å². The van der Waals surface area contributed by atoms with Gasteiger partial charge < -0.3 is 9.64 Å². The third kappa shape index (κ3) is 2.09. The average molecular weight is 352 g/mol. The van der Waals surface area contributed by atoms with Gasteiger partial charge in [0, 0.05) is 10.2 Å². The van der Waals surface area contributed by atoms with Crippen LogP contribution in [0.25, 0.3) is 0 Å². The summed E-state index contributed by atoms with van der Waals surface area (Å²) in [6.07, 6.45) is 0. The van der Waals surface area contributed by atoms with Gasteiger partial charge in [-0.2, -0.15) is 0 Å². The van der Waals surface area contributed by atoms with E-state index in [9.17, 15) is 0 Å². The van der Waals surface area contributed by atoms with E-state index in [1.165, 1.54) is 5.56 Å². The average Bonchev–Trinajstić information content (AvgIpc) is 2.53. The van der Waals surface area contributed by atoms with Crippen LogP contribution in [0.4, 0.5) is 17.1 Å². The van der Waals surface area contributed by atoms with Crippen LogP contribution in [0.15, 0.2) is 71.2 Å². The molecule has 108 valence electrons. The first kappa shape index (κ1) is 13.4. The maximum Gasteiger partial charge on any atom is 0.151 e. The van der Waals surface area contributed by atoms with E-state index in [0.29, 0.717) is 0 Å². The van der Waals surface area contributed by atoms with Gasteiger partial charge in [-0.25, -0.2) is 0 Å². The Morgan fingerprint density at radius 1 is 0.773 bits per heavy atom. The molecule has 2 nitrogen and oxygen atoms in total. The molecule has 22 heavy (non-hydrogen) atoms. The summed E-state index contributed by atoms with van der Waals surface area (Å²) in [6, 6.07) is 22.6. The Labute approximate surface area is 138 Å². The van der Waals surface area contributed by atoms with Crippen LogP contribution < -0.4 is 9.64 Å². The summed E-state index contributed by atoms with van der Waals surface area (Å²) < 4.78 is 7.13. The lowest BCUT2D eigenvalue weighted by molar-refractivity contribution is 0.477. The van der Waals surface area contributed by atoms with Crippen molar-refractivity contribution in [3.8, 4) is 11.5 Å². The minimum Gasteiger partial charge on any atom is -0.453 e. The number of ether oxygens (including phenoxy) is 1. The van der Waals surface area contributed by atoms with Gasteiger partial charge in [0.1, 0.15) is 0 Å². The highest BCUT2D eigenvalue weighted by Gasteiger charge is 2.25. The quantitative estimate of drug-likeness (QED) is 0.397. The molecule has 3 aromatic carbocycles. The minimum atomic E-state index is 0.878. The maximum atomic E-state index is 6.04. The lowest BCUT2D eigenvalue weighted by Gasteiger charge is -2.33. The van der Waals surface area contributed by atoms with E-state index in [2.05, 4.69) is 58.1 Å². The van der Waals surface area contributed by atoms with E-state index in [4.69, 9.17) is 4.74 Å². The molecule has 0 amide bonds. The van der Waals surface area contributed by atoms with Crippen molar-refractivity contribution < 1.29 is 4.74 Å². The summed E-state index contributed by atoms with van der Waals surface area (Å²) >= 11 is 3.54. The lowest BCUT2D eigenvalue weighted by Crippen LogP contribution is -2.16. The SMILES string of the molecule is Cc1cc(Br)ccc1N1c2ccccc2Oc2ccccc21. The summed E-state index contributed by atoms with van der Waals surface area (Å²) in [5, 5.41) is 0. The standard InChI is InChI=1S/C19H14BrNO/c1-13-12-14(20)10-11-15(13)21-16-6-2-4-8-18(16)22-19-9-5-3-7-17(19)21/h2-12H,1H3. The molecule has 1 aliphatic heterocycles. The largest absolute Gasteiger partial charge is 0.453 e. The molecule has 0 aliphatic carbocycles. The van der Waals surface area contributed by atoms with Gasteiger partial charge in [0.25, 0.3) is 0 Å². The van der Waals surface area contributed by atoms with Gasteiger partial charge in [0.05, 0.1) is 11.4 Å². The second-order valence-corrected chi connectivity index (χ2v) is 6.22. The first-order valence-electron chi connectivity index (χ1n) is 7.16. The van der Waals surface area contributed by atoms with Crippen LogP contribution in [-0.2, 0) is 0 Å². The number of nitrogens with zero attached hydrogens (tertiary/aromatic N) is 1. The Hall–Kier alpha value is -2.26. The van der Waals surface area contributed by atoms with Crippen LogP contribution >= 0.6 is 15.9 Å². The molecule has 0 bridgehead atoms. The highest BCUT2D eigenvalue weighted by atomic mass is 79.9. The zero-order valence-corrected chi connectivity index (χ0v) is 13.7. The molecule has 1 heterocycles. The van der Waals surface area contributed by atoms with Gasteiger partial charge in [0.2, 0.25) is 0 Å². The molecule has 3 heteroatoms. The van der Waals surface area contributed by atoms with E-state index in [1.807, 2.05) is 36.4 Å². The summed E-state index contributed by atoms with van der Waals surface area (Å²) in [4.78, 5) is 2.26. The highest BCUT2D eigenvalue weighted by Crippen LogP contribution is 2.50. The van der Waals surface area contributed by atoms with Crippen LogP contribution in [0.5, 0.6) is 11.5 Å². The smallest absolute Gasteiger partial charge is 0.151 e. The van der Waals surface area contributed by atoms with Crippen molar-refractivity contribution >= 4 is 33.0 Å². The van der Waals surface area contributed by atoms with Crippen LogP contribution in [0, 0.1) is 6.92 Å². The number of halogens is 1. The van der Waals surface area contributed by atoms with Gasteiger partial charge in [-0.3, -0.25) is 0 Å². The first-order chi connectivity index (χ1) is 10.7. The number of para-hydroxylation sites is 4. The molecule has 0 fully saturated rings. The predicted molar refractivity (Wildman–Crippen MR) is 93.6 cm³/mol. The third-order valence-corrected chi connectivity index (χ3v) is 4.33. The van der Waals surface area contributed by atoms with E-state index in [1.54, 1.807) is 0 Å². The summed E-state index contributed by atoms with van der Waals surface area (Å²) in [5.41, 5.74) is 4.49. The molecular weight excluding hydrogens is 338 g/mol. The lowest BCUT2D eigenvalue weighted by atomic mass is 10.1. The van der Waals surface area contributed by atoms with Gasteiger partial charge in [-0.05, 0) is 55.0 Å². The number of aryl methyl sites for hydroxylation is 1. The van der Waals surface area contributed by atoms with Crippen LogP contribution in [0.3, 0.4) is 0 Å². The Balaban J connectivity index is 1.98. The highest BCUT2D eigenvalue weighted by molar-refractivity contribution is 9.10. The van der Waals surface area contributed by atoms with E-state index >= 15 is 0 Å². The molecule has 3 aromatic rings. The fourth-order valence-electron chi connectivity index (χ4n) is 2.83. The molecule has 0 aromatic heterocycles. The van der Waals surface area contributed by atoms with Gasteiger partial charge >= 0.3 is 0 Å². The summed E-state index contributed by atoms with van der Waals surface area (Å²) in [5.74, 6) is 1.76. The number of rotatable bonds is 1. The van der Waals surface area contributed by atoms with E-state index in [-0.39, 0.29) is 0 Å². The fraction of sp³-hybridized carbons (Fsp3) is 0.0526. The van der Waals surface area contributed by atoms with Crippen molar-refractivity contribution in [2.45, 2.75) is 6.92 Å². The molecule has 0 saturated carbocycles. The van der Waals surface area contributed by atoms with Crippen LogP contribution in [-0.4, -0.2) is 0 Å². The molecule has 0 N–H and O–H groups in total. The molecular formula is C19H14BrNO. The van der Waals surface area contributed by atoms with Crippen molar-refractivity contribution in [1.82, 2.24) is 0 Å². The van der Waals surface area contributed by atoms with Crippen molar-refractivity contribution in [2.24, 2.45) is 0 Å². The van der Waals surface area contributed by atoms with E-state index in [0.717, 1.165) is 33.0 Å². The topological polar surface area (TPSA) is 12.5 Å². The normalized spacial score (nSPS) is 12.4. The molecule has 1 aliphatic rings. The first-order valence-corrected chi connectivity index (χ1v) is 7.95. The Morgan fingerprint density at radius 3 is 1.95 bits per heavy atom. The molecule has 0 radical (unpaired) electrons. The number of fused-ring (bicyclic) bond motifs is 2.